The zero-order chi connectivity index (χ0) is 11.7. The summed E-state index contributed by atoms with van der Waals surface area (Å²) in [6, 6.07) is 5.46. The molecule has 0 saturated heterocycles. The lowest BCUT2D eigenvalue weighted by Gasteiger charge is -1.84. The molecular formula is C11H10N4O2. The molecule has 0 unspecified atom stereocenters. The number of furan rings is 1. The molecule has 0 fully saturated rings. The summed E-state index contributed by atoms with van der Waals surface area (Å²) in [5.74, 6) is 1.81. The van der Waals surface area contributed by atoms with Crippen molar-refractivity contribution < 1.29 is 8.94 Å². The molecule has 0 aliphatic heterocycles. The number of aryl methyl sites for hydroxylation is 1. The third kappa shape index (κ3) is 1.73. The monoisotopic (exact) mass is 230 g/mol. The van der Waals surface area contributed by atoms with E-state index in [1.54, 1.807) is 6.26 Å². The Bertz CT molecular complexity index is 609. The molecule has 6 nitrogen and oxygen atoms in total. The van der Waals surface area contributed by atoms with E-state index in [9.17, 15) is 0 Å². The Kier molecular flexibility index (Phi) is 2.25. The zero-order valence-corrected chi connectivity index (χ0v) is 9.17. The molecule has 0 aromatic carbocycles. The van der Waals surface area contributed by atoms with E-state index in [2.05, 4.69) is 20.3 Å². The minimum absolute atomic E-state index is 0.437. The Labute approximate surface area is 96.7 Å². The van der Waals surface area contributed by atoms with Crippen molar-refractivity contribution in [2.75, 3.05) is 0 Å². The molecule has 0 spiro atoms. The molecule has 17 heavy (non-hydrogen) atoms. The van der Waals surface area contributed by atoms with Crippen LogP contribution in [-0.2, 0) is 6.42 Å². The van der Waals surface area contributed by atoms with Crippen LogP contribution in [0.5, 0.6) is 0 Å². The Balaban J connectivity index is 1.94. The Morgan fingerprint density at radius 3 is 3.06 bits per heavy atom. The first-order chi connectivity index (χ1) is 8.36. The molecule has 0 aliphatic carbocycles. The number of aromatic amines is 1. The average Bonchev–Trinajstić information content (AvgIpc) is 3.09. The van der Waals surface area contributed by atoms with Crippen molar-refractivity contribution >= 4 is 0 Å². The SMILES string of the molecule is CCc1noc(-c2cc(-c3ccco3)n[nH]2)n1. The summed E-state index contributed by atoms with van der Waals surface area (Å²) in [5, 5.41) is 10.8. The zero-order valence-electron chi connectivity index (χ0n) is 9.17. The minimum Gasteiger partial charge on any atom is -0.463 e. The van der Waals surface area contributed by atoms with E-state index in [-0.39, 0.29) is 0 Å². The van der Waals surface area contributed by atoms with E-state index in [1.165, 1.54) is 0 Å². The molecule has 0 aliphatic rings. The van der Waals surface area contributed by atoms with Crippen molar-refractivity contribution in [3.63, 3.8) is 0 Å². The van der Waals surface area contributed by atoms with Gasteiger partial charge in [-0.2, -0.15) is 10.1 Å². The number of hydrogen-bond acceptors (Lipinski definition) is 5. The van der Waals surface area contributed by atoms with Crippen LogP contribution in [-0.4, -0.2) is 20.3 Å². The molecule has 0 amide bonds. The van der Waals surface area contributed by atoms with Crippen LogP contribution in [0.4, 0.5) is 0 Å². The fourth-order valence-electron chi connectivity index (χ4n) is 1.49. The maximum atomic E-state index is 5.25. The predicted octanol–water partition coefficient (Wildman–Crippen LogP) is 2.28. The molecule has 0 bridgehead atoms. The average molecular weight is 230 g/mol. The lowest BCUT2D eigenvalue weighted by molar-refractivity contribution is 0.422. The molecule has 1 N–H and O–H groups in total. The lowest BCUT2D eigenvalue weighted by atomic mass is 10.3. The van der Waals surface area contributed by atoms with Crippen LogP contribution >= 0.6 is 0 Å². The molecule has 0 atom stereocenters. The first-order valence-electron chi connectivity index (χ1n) is 5.29. The van der Waals surface area contributed by atoms with Crippen LogP contribution in [0.25, 0.3) is 23.0 Å². The number of nitrogens with zero attached hydrogens (tertiary/aromatic N) is 3. The predicted molar refractivity (Wildman–Crippen MR) is 59.0 cm³/mol. The van der Waals surface area contributed by atoms with E-state index < -0.39 is 0 Å². The Morgan fingerprint density at radius 1 is 1.41 bits per heavy atom. The maximum absolute atomic E-state index is 5.25. The van der Waals surface area contributed by atoms with Gasteiger partial charge in [-0.3, -0.25) is 5.10 Å². The molecule has 3 aromatic heterocycles. The van der Waals surface area contributed by atoms with Gasteiger partial charge in [-0.25, -0.2) is 0 Å². The van der Waals surface area contributed by atoms with Crippen LogP contribution < -0.4 is 0 Å². The standard InChI is InChI=1S/C11H10N4O2/c1-2-10-12-11(17-15-10)8-6-7(13-14-8)9-4-3-5-16-9/h3-6H,2H2,1H3,(H,13,14). The normalized spacial score (nSPS) is 10.9. The summed E-state index contributed by atoms with van der Waals surface area (Å²) in [7, 11) is 0. The topological polar surface area (TPSA) is 80.7 Å². The smallest absolute Gasteiger partial charge is 0.275 e. The van der Waals surface area contributed by atoms with Gasteiger partial charge in [-0.05, 0) is 12.1 Å². The van der Waals surface area contributed by atoms with Gasteiger partial charge in [0.1, 0.15) is 11.4 Å². The van der Waals surface area contributed by atoms with Crippen molar-refractivity contribution in [1.29, 1.82) is 0 Å². The molecular weight excluding hydrogens is 220 g/mol. The highest BCUT2D eigenvalue weighted by atomic mass is 16.5. The first-order valence-corrected chi connectivity index (χ1v) is 5.29. The molecule has 3 rings (SSSR count). The van der Waals surface area contributed by atoms with Crippen LogP contribution in [0, 0.1) is 0 Å². The highest BCUT2D eigenvalue weighted by molar-refractivity contribution is 5.59. The quantitative estimate of drug-likeness (QED) is 0.746. The second kappa shape index (κ2) is 3.89. The minimum atomic E-state index is 0.437. The summed E-state index contributed by atoms with van der Waals surface area (Å²) >= 11 is 0. The number of nitrogens with one attached hydrogen (secondary N) is 1. The summed E-state index contributed by atoms with van der Waals surface area (Å²) in [6.07, 6.45) is 2.34. The van der Waals surface area contributed by atoms with Crippen molar-refractivity contribution in [1.82, 2.24) is 20.3 Å². The highest BCUT2D eigenvalue weighted by Gasteiger charge is 2.12. The highest BCUT2D eigenvalue weighted by Crippen LogP contribution is 2.22. The van der Waals surface area contributed by atoms with Gasteiger partial charge >= 0.3 is 0 Å². The van der Waals surface area contributed by atoms with Gasteiger partial charge < -0.3 is 8.94 Å². The van der Waals surface area contributed by atoms with E-state index >= 15 is 0 Å². The summed E-state index contributed by atoms with van der Waals surface area (Å²) in [4.78, 5) is 4.21. The fraction of sp³-hybridized carbons (Fsp3) is 0.182. The van der Waals surface area contributed by atoms with Crippen LogP contribution in [0.3, 0.4) is 0 Å². The molecule has 0 saturated carbocycles. The van der Waals surface area contributed by atoms with Crippen LogP contribution in [0.2, 0.25) is 0 Å². The summed E-state index contributed by atoms with van der Waals surface area (Å²) < 4.78 is 10.4. The van der Waals surface area contributed by atoms with Crippen molar-refractivity contribution in [2.24, 2.45) is 0 Å². The van der Waals surface area contributed by atoms with Crippen molar-refractivity contribution in [3.8, 4) is 23.0 Å². The van der Waals surface area contributed by atoms with Gasteiger partial charge in [-0.15, -0.1) is 0 Å². The van der Waals surface area contributed by atoms with Gasteiger partial charge in [0, 0.05) is 12.5 Å². The van der Waals surface area contributed by atoms with Crippen LogP contribution in [0.15, 0.2) is 33.4 Å². The van der Waals surface area contributed by atoms with Gasteiger partial charge in [0.25, 0.3) is 5.89 Å². The number of H-pyrrole nitrogens is 1. The van der Waals surface area contributed by atoms with Gasteiger partial charge in [0.2, 0.25) is 0 Å². The van der Waals surface area contributed by atoms with Gasteiger partial charge in [0.15, 0.2) is 11.6 Å². The second-order valence-corrected chi connectivity index (χ2v) is 3.51. The van der Waals surface area contributed by atoms with E-state index in [0.29, 0.717) is 28.9 Å². The van der Waals surface area contributed by atoms with E-state index in [1.807, 2.05) is 25.1 Å². The van der Waals surface area contributed by atoms with Crippen molar-refractivity contribution in [2.45, 2.75) is 13.3 Å². The molecule has 3 aromatic rings. The summed E-state index contributed by atoms with van der Waals surface area (Å²) in [6.45, 7) is 1.97. The molecule has 86 valence electrons. The molecule has 6 heteroatoms. The first kappa shape index (κ1) is 9.83. The third-order valence-electron chi connectivity index (χ3n) is 2.37. The summed E-state index contributed by atoms with van der Waals surface area (Å²) in [5.41, 5.74) is 1.39. The Morgan fingerprint density at radius 2 is 2.35 bits per heavy atom. The third-order valence-corrected chi connectivity index (χ3v) is 2.37. The fourth-order valence-corrected chi connectivity index (χ4v) is 1.49. The number of rotatable bonds is 3. The van der Waals surface area contributed by atoms with Gasteiger partial charge in [-0.1, -0.05) is 12.1 Å². The lowest BCUT2D eigenvalue weighted by Crippen LogP contribution is -1.82. The van der Waals surface area contributed by atoms with Gasteiger partial charge in [0.05, 0.1) is 6.26 Å². The van der Waals surface area contributed by atoms with Crippen molar-refractivity contribution in [3.05, 3.63) is 30.3 Å². The second-order valence-electron chi connectivity index (χ2n) is 3.51. The van der Waals surface area contributed by atoms with Crippen LogP contribution in [0.1, 0.15) is 12.7 Å². The van der Waals surface area contributed by atoms with E-state index in [0.717, 1.165) is 6.42 Å². The maximum Gasteiger partial charge on any atom is 0.275 e. The molecule has 3 heterocycles. The molecule has 0 radical (unpaired) electrons. The Hall–Kier alpha value is -2.37. The van der Waals surface area contributed by atoms with E-state index in [4.69, 9.17) is 8.94 Å². The number of aromatic nitrogens is 4. The largest absolute Gasteiger partial charge is 0.463 e. The number of hydrogen-bond donors (Lipinski definition) is 1.